The molecule has 43 heavy (non-hydrogen) atoms. The molecule has 0 aliphatic rings. The zero-order valence-electron chi connectivity index (χ0n) is 24.3. The van der Waals surface area contributed by atoms with Crippen LogP contribution in [0.25, 0.3) is 10.8 Å². The van der Waals surface area contributed by atoms with Gasteiger partial charge in [-0.1, -0.05) is 66.2 Å². The number of nitrogens with one attached hydrogen (secondary N) is 1. The van der Waals surface area contributed by atoms with Crippen molar-refractivity contribution >= 4 is 38.6 Å². The van der Waals surface area contributed by atoms with Crippen LogP contribution in [0.4, 0.5) is 5.69 Å². The van der Waals surface area contributed by atoms with Crippen LogP contribution in [0.15, 0.2) is 119 Å². The predicted molar refractivity (Wildman–Crippen MR) is 172 cm³/mol. The second-order valence-electron chi connectivity index (χ2n) is 10.5. The molecule has 1 amide bonds. The highest BCUT2D eigenvalue weighted by atomic mass is 32.2. The van der Waals surface area contributed by atoms with E-state index in [0.717, 1.165) is 37.5 Å². The van der Waals surface area contributed by atoms with Crippen molar-refractivity contribution in [3.63, 3.8) is 0 Å². The Morgan fingerprint density at radius 3 is 2.21 bits per heavy atom. The van der Waals surface area contributed by atoms with Crippen LogP contribution in [-0.4, -0.2) is 27.1 Å². The summed E-state index contributed by atoms with van der Waals surface area (Å²) in [5, 5.41) is 6.39. The fourth-order valence-corrected chi connectivity index (χ4v) is 6.23. The lowest BCUT2D eigenvalue weighted by molar-refractivity contribution is -0.119. The summed E-state index contributed by atoms with van der Waals surface area (Å²) in [7, 11) is -4.01. The number of sulfonamides is 1. The van der Waals surface area contributed by atoms with Gasteiger partial charge in [0.15, 0.2) is 0 Å². The molecule has 8 heteroatoms. The quantitative estimate of drug-likeness (QED) is 0.145. The molecule has 0 fully saturated rings. The van der Waals surface area contributed by atoms with Gasteiger partial charge in [0.1, 0.15) is 18.9 Å². The van der Waals surface area contributed by atoms with E-state index in [-0.39, 0.29) is 4.90 Å². The molecule has 0 aliphatic carbocycles. The van der Waals surface area contributed by atoms with Crippen molar-refractivity contribution < 1.29 is 17.9 Å². The maximum atomic E-state index is 13.6. The molecule has 5 aromatic rings. The summed E-state index contributed by atoms with van der Waals surface area (Å²) < 4.78 is 34.4. The van der Waals surface area contributed by atoms with Gasteiger partial charge in [0.25, 0.3) is 15.9 Å². The van der Waals surface area contributed by atoms with Crippen LogP contribution in [0.5, 0.6) is 5.75 Å². The normalized spacial score (nSPS) is 11.5. The molecule has 5 rings (SSSR count). The summed E-state index contributed by atoms with van der Waals surface area (Å²) in [5.74, 6) is 0.139. The van der Waals surface area contributed by atoms with E-state index in [1.165, 1.54) is 11.6 Å². The van der Waals surface area contributed by atoms with Gasteiger partial charge in [0.2, 0.25) is 0 Å². The monoisotopic (exact) mass is 591 g/mol. The lowest BCUT2D eigenvalue weighted by atomic mass is 10.1. The number of anilines is 1. The van der Waals surface area contributed by atoms with Crippen LogP contribution in [0.3, 0.4) is 0 Å². The van der Waals surface area contributed by atoms with Gasteiger partial charge in [-0.2, -0.15) is 5.10 Å². The predicted octanol–water partition coefficient (Wildman–Crippen LogP) is 6.69. The highest BCUT2D eigenvalue weighted by Gasteiger charge is 2.27. The van der Waals surface area contributed by atoms with Gasteiger partial charge in [-0.3, -0.25) is 9.10 Å². The second-order valence-corrected chi connectivity index (χ2v) is 12.3. The smallest absolute Gasteiger partial charge is 0.264 e. The molecule has 0 spiro atoms. The number of ether oxygens (including phenoxy) is 1. The van der Waals surface area contributed by atoms with Crippen LogP contribution in [0.1, 0.15) is 27.8 Å². The number of hydrogen-bond donors (Lipinski definition) is 1. The van der Waals surface area contributed by atoms with Crippen molar-refractivity contribution in [1.29, 1.82) is 0 Å². The number of aryl methyl sites for hydroxylation is 3. The number of benzene rings is 5. The average Bonchev–Trinajstić information content (AvgIpc) is 2.99. The van der Waals surface area contributed by atoms with Gasteiger partial charge in [-0.15, -0.1) is 0 Å². The van der Waals surface area contributed by atoms with E-state index in [1.54, 1.807) is 36.4 Å². The Morgan fingerprint density at radius 1 is 0.814 bits per heavy atom. The molecule has 0 saturated heterocycles. The molecule has 0 radical (unpaired) electrons. The molecule has 0 aliphatic heterocycles. The molecule has 0 atom stereocenters. The summed E-state index contributed by atoms with van der Waals surface area (Å²) in [4.78, 5) is 13.0. The van der Waals surface area contributed by atoms with E-state index in [2.05, 4.69) is 34.8 Å². The van der Waals surface area contributed by atoms with Crippen LogP contribution in [0, 0.1) is 20.8 Å². The van der Waals surface area contributed by atoms with Gasteiger partial charge in [-0.05, 0) is 102 Å². The molecular weight excluding hydrogens is 558 g/mol. The maximum Gasteiger partial charge on any atom is 0.264 e. The Hall–Kier alpha value is -4.95. The van der Waals surface area contributed by atoms with E-state index >= 15 is 0 Å². The highest BCUT2D eigenvalue weighted by Crippen LogP contribution is 2.26. The van der Waals surface area contributed by atoms with Gasteiger partial charge in [-0.25, -0.2) is 13.8 Å². The van der Waals surface area contributed by atoms with Crippen molar-refractivity contribution in [2.75, 3.05) is 10.8 Å². The molecule has 0 aromatic heterocycles. The van der Waals surface area contributed by atoms with E-state index < -0.39 is 22.5 Å². The van der Waals surface area contributed by atoms with E-state index in [4.69, 9.17) is 4.74 Å². The largest absolute Gasteiger partial charge is 0.489 e. The summed E-state index contributed by atoms with van der Waals surface area (Å²) in [6, 6.07) is 33.7. The minimum Gasteiger partial charge on any atom is -0.489 e. The maximum absolute atomic E-state index is 13.6. The Bertz CT molecular complexity index is 1860. The Labute approximate surface area is 252 Å². The third-order valence-corrected chi connectivity index (χ3v) is 8.74. The first-order chi connectivity index (χ1) is 20.7. The molecule has 5 aromatic carbocycles. The summed E-state index contributed by atoms with van der Waals surface area (Å²) in [6.07, 6.45) is 1.50. The topological polar surface area (TPSA) is 88.1 Å². The van der Waals surface area contributed by atoms with Gasteiger partial charge >= 0.3 is 0 Å². The number of nitrogens with zero attached hydrogens (tertiary/aromatic N) is 2. The fourth-order valence-electron chi connectivity index (χ4n) is 4.82. The second kappa shape index (κ2) is 12.9. The van der Waals surface area contributed by atoms with Crippen molar-refractivity contribution in [2.45, 2.75) is 32.3 Å². The van der Waals surface area contributed by atoms with E-state index in [0.29, 0.717) is 18.0 Å². The Balaban J connectivity index is 1.24. The number of rotatable bonds is 10. The minimum atomic E-state index is -4.01. The molecular formula is C35H33N3O4S. The zero-order valence-corrected chi connectivity index (χ0v) is 25.1. The lowest BCUT2D eigenvalue weighted by Gasteiger charge is -2.24. The number of hydrazone groups is 1. The van der Waals surface area contributed by atoms with Crippen molar-refractivity contribution in [2.24, 2.45) is 5.10 Å². The first kappa shape index (κ1) is 29.5. The van der Waals surface area contributed by atoms with Crippen LogP contribution in [-0.2, 0) is 21.4 Å². The van der Waals surface area contributed by atoms with Crippen LogP contribution >= 0.6 is 0 Å². The molecule has 218 valence electrons. The van der Waals surface area contributed by atoms with Crippen LogP contribution < -0.4 is 14.5 Å². The SMILES string of the molecule is Cc1ccc(S(=O)(=O)N(CC(=O)N/N=C\c2ccc(OCc3cccc4ccccc34)cc2)c2cc(C)cc(C)c2)cc1. The lowest BCUT2D eigenvalue weighted by Crippen LogP contribution is -2.39. The molecule has 0 bridgehead atoms. The first-order valence-electron chi connectivity index (χ1n) is 13.9. The number of amides is 1. The molecule has 1 N–H and O–H groups in total. The van der Waals surface area contributed by atoms with E-state index in [9.17, 15) is 13.2 Å². The molecule has 7 nitrogen and oxygen atoms in total. The Kier molecular flexibility index (Phi) is 8.87. The summed E-state index contributed by atoms with van der Waals surface area (Å²) >= 11 is 0. The van der Waals surface area contributed by atoms with Gasteiger partial charge in [0.05, 0.1) is 16.8 Å². The van der Waals surface area contributed by atoms with E-state index in [1.807, 2.05) is 69.3 Å². The van der Waals surface area contributed by atoms with Crippen molar-refractivity contribution in [3.8, 4) is 5.75 Å². The number of carbonyl (C=O) groups excluding carboxylic acids is 1. The van der Waals surface area contributed by atoms with Crippen LogP contribution in [0.2, 0.25) is 0 Å². The van der Waals surface area contributed by atoms with Crippen molar-refractivity contribution in [3.05, 3.63) is 137 Å². The van der Waals surface area contributed by atoms with Crippen molar-refractivity contribution in [1.82, 2.24) is 5.43 Å². The zero-order chi connectivity index (χ0) is 30.4. The van der Waals surface area contributed by atoms with Gasteiger partial charge < -0.3 is 4.74 Å². The summed E-state index contributed by atoms with van der Waals surface area (Å²) in [6.45, 7) is 5.66. The molecule has 0 unspecified atom stereocenters. The number of fused-ring (bicyclic) bond motifs is 1. The standard InChI is InChI=1S/C35H33N3O4S/c1-25-11-17-33(18-12-25)43(40,41)38(31-20-26(2)19-27(3)21-31)23-35(39)37-36-22-28-13-15-32(16-14-28)42-24-30-9-6-8-29-7-4-5-10-34(29)30/h4-22H,23-24H2,1-3H3,(H,37,39)/b36-22-. The Morgan fingerprint density at radius 2 is 1.49 bits per heavy atom. The third kappa shape index (κ3) is 7.28. The minimum absolute atomic E-state index is 0.108. The highest BCUT2D eigenvalue weighted by molar-refractivity contribution is 7.92. The first-order valence-corrected chi connectivity index (χ1v) is 15.3. The average molecular weight is 592 g/mol. The number of hydrogen-bond acceptors (Lipinski definition) is 5. The number of carbonyl (C=O) groups is 1. The summed E-state index contributed by atoms with van der Waals surface area (Å²) in [5.41, 5.74) is 7.45. The van der Waals surface area contributed by atoms with Gasteiger partial charge in [0, 0.05) is 0 Å². The third-order valence-electron chi connectivity index (χ3n) is 6.95. The fraction of sp³-hybridized carbons (Fsp3) is 0.143. The molecule has 0 heterocycles. The molecule has 0 saturated carbocycles.